The van der Waals surface area contributed by atoms with E-state index in [1.165, 1.54) is 19.5 Å². The van der Waals surface area contributed by atoms with Crippen LogP contribution in [0.1, 0.15) is 47.2 Å². The van der Waals surface area contributed by atoms with Gasteiger partial charge in [-0.1, -0.05) is 6.92 Å². The summed E-state index contributed by atoms with van der Waals surface area (Å²) >= 11 is 0. The summed E-state index contributed by atoms with van der Waals surface area (Å²) in [4.78, 5) is 46.4. The molecule has 0 fully saturated rings. The van der Waals surface area contributed by atoms with Crippen molar-refractivity contribution in [2.75, 3.05) is 12.8 Å². The van der Waals surface area contributed by atoms with Crippen molar-refractivity contribution in [1.82, 2.24) is 20.3 Å². The molecule has 1 unspecified atom stereocenters. The van der Waals surface area contributed by atoms with Crippen LogP contribution in [-0.2, 0) is 9.59 Å². The van der Waals surface area contributed by atoms with Crippen molar-refractivity contribution in [1.29, 1.82) is 0 Å². The molecule has 1 aromatic carbocycles. The number of aromatic amines is 1. The quantitative estimate of drug-likeness (QED) is 0.309. The molecular weight excluding hydrogens is 418 g/mol. The Labute approximate surface area is 182 Å². The van der Waals surface area contributed by atoms with Gasteiger partial charge in [0.05, 0.1) is 18.4 Å². The third-order valence-corrected chi connectivity index (χ3v) is 5.25. The van der Waals surface area contributed by atoms with Crippen LogP contribution in [0, 0.1) is 0 Å². The first-order valence-electron chi connectivity index (χ1n) is 9.73. The molecule has 0 aliphatic heterocycles. The summed E-state index contributed by atoms with van der Waals surface area (Å²) < 4.78 is 5.46. The molecule has 2 aromatic heterocycles. The predicted octanol–water partition coefficient (Wildman–Crippen LogP) is 1.75. The molecule has 0 spiro atoms. The molecule has 6 N–H and O–H groups in total. The van der Waals surface area contributed by atoms with E-state index in [0.717, 1.165) is 10.9 Å². The van der Waals surface area contributed by atoms with Gasteiger partial charge < -0.3 is 31.0 Å². The minimum Gasteiger partial charge on any atom is -0.496 e. The second-order valence-corrected chi connectivity index (χ2v) is 7.19. The smallest absolute Gasteiger partial charge is 0.326 e. The number of ether oxygens (including phenoxy) is 1. The first-order chi connectivity index (χ1) is 15.2. The highest BCUT2D eigenvalue weighted by Gasteiger charge is 2.27. The van der Waals surface area contributed by atoms with Crippen LogP contribution in [0.4, 0.5) is 5.69 Å². The fourth-order valence-corrected chi connectivity index (χ4v) is 3.59. The molecule has 32 heavy (non-hydrogen) atoms. The van der Waals surface area contributed by atoms with Crippen LogP contribution in [0.5, 0.6) is 5.75 Å². The van der Waals surface area contributed by atoms with E-state index in [2.05, 4.69) is 20.3 Å². The summed E-state index contributed by atoms with van der Waals surface area (Å²) in [6.45, 7) is 1.89. The SMILES string of the molecule is COc1ccc(C(=O)N[C@@H](CCC(=O)O)C(=O)O)c(N)c1C(C)c1c[nH]c2ncncc12. The molecule has 0 bridgehead atoms. The molecule has 0 saturated carbocycles. The molecule has 2 heterocycles. The lowest BCUT2D eigenvalue weighted by atomic mass is 9.89. The van der Waals surface area contributed by atoms with Crippen molar-refractivity contribution in [2.45, 2.75) is 31.7 Å². The van der Waals surface area contributed by atoms with E-state index in [9.17, 15) is 19.5 Å². The Morgan fingerprint density at radius 2 is 2.03 bits per heavy atom. The van der Waals surface area contributed by atoms with Gasteiger partial charge in [-0.05, 0) is 24.1 Å². The molecule has 0 aliphatic rings. The van der Waals surface area contributed by atoms with Gasteiger partial charge in [0, 0.05) is 35.7 Å². The number of carbonyl (C=O) groups excluding carboxylic acids is 1. The number of nitrogens with zero attached hydrogens (tertiary/aromatic N) is 2. The molecule has 1 amide bonds. The Kier molecular flexibility index (Phi) is 6.57. The number of aliphatic carboxylic acids is 2. The highest BCUT2D eigenvalue weighted by molar-refractivity contribution is 6.02. The average molecular weight is 441 g/mol. The van der Waals surface area contributed by atoms with Gasteiger partial charge in [0.2, 0.25) is 0 Å². The van der Waals surface area contributed by atoms with Gasteiger partial charge in [-0.2, -0.15) is 0 Å². The predicted molar refractivity (Wildman–Crippen MR) is 115 cm³/mol. The van der Waals surface area contributed by atoms with E-state index in [1.54, 1.807) is 18.5 Å². The fraction of sp³-hybridized carbons (Fsp3) is 0.286. The van der Waals surface area contributed by atoms with Crippen LogP contribution in [0.15, 0.2) is 30.9 Å². The van der Waals surface area contributed by atoms with Crippen molar-refractivity contribution in [3.05, 3.63) is 47.5 Å². The summed E-state index contributed by atoms with van der Waals surface area (Å²) in [5.41, 5.74) is 8.58. The maximum Gasteiger partial charge on any atom is 0.326 e. The molecule has 3 rings (SSSR count). The number of hydrogen-bond acceptors (Lipinski definition) is 7. The van der Waals surface area contributed by atoms with Gasteiger partial charge in [-0.15, -0.1) is 0 Å². The standard InChI is InChI=1S/C21H23N5O6/c1-10(12-8-24-19-13(12)7-23-9-25-19)17-15(32-2)5-3-11(18(17)22)20(29)26-14(21(30)31)4-6-16(27)28/h3,5,7-10,14H,4,6,22H2,1-2H3,(H,26,29)(H,27,28)(H,30,31)(H,23,24,25)/t10?,14-/m0/s1. The number of nitrogens with two attached hydrogens (primary N) is 1. The molecule has 3 aromatic rings. The number of nitrogen functional groups attached to an aromatic ring is 1. The maximum atomic E-state index is 12.8. The van der Waals surface area contributed by atoms with Crippen molar-refractivity contribution < 1.29 is 29.3 Å². The Balaban J connectivity index is 1.97. The zero-order valence-corrected chi connectivity index (χ0v) is 17.5. The van der Waals surface area contributed by atoms with Gasteiger partial charge in [-0.25, -0.2) is 14.8 Å². The lowest BCUT2D eigenvalue weighted by Gasteiger charge is -2.21. The van der Waals surface area contributed by atoms with E-state index in [-0.39, 0.29) is 23.6 Å². The van der Waals surface area contributed by atoms with Gasteiger partial charge in [0.15, 0.2) is 0 Å². The van der Waals surface area contributed by atoms with Crippen molar-refractivity contribution >= 4 is 34.6 Å². The van der Waals surface area contributed by atoms with E-state index in [4.69, 9.17) is 15.6 Å². The lowest BCUT2D eigenvalue weighted by molar-refractivity contribution is -0.140. The topological polar surface area (TPSA) is 181 Å². The van der Waals surface area contributed by atoms with Crippen LogP contribution >= 0.6 is 0 Å². The van der Waals surface area contributed by atoms with Crippen LogP contribution in [0.2, 0.25) is 0 Å². The van der Waals surface area contributed by atoms with Crippen molar-refractivity contribution in [2.24, 2.45) is 0 Å². The van der Waals surface area contributed by atoms with E-state index in [1.807, 2.05) is 6.92 Å². The molecule has 11 heteroatoms. The van der Waals surface area contributed by atoms with Gasteiger partial charge in [0.1, 0.15) is 23.8 Å². The summed E-state index contributed by atoms with van der Waals surface area (Å²) in [5, 5.41) is 21.3. The Bertz CT molecular complexity index is 1170. The average Bonchev–Trinajstić information content (AvgIpc) is 3.19. The first-order valence-corrected chi connectivity index (χ1v) is 9.73. The summed E-state index contributed by atoms with van der Waals surface area (Å²) in [7, 11) is 1.48. The number of methoxy groups -OCH3 is 1. The second kappa shape index (κ2) is 9.33. The lowest BCUT2D eigenvalue weighted by Crippen LogP contribution is -2.41. The minimum atomic E-state index is -1.37. The third kappa shape index (κ3) is 4.46. The Morgan fingerprint density at radius 1 is 1.28 bits per heavy atom. The van der Waals surface area contributed by atoms with Gasteiger partial charge in [-0.3, -0.25) is 9.59 Å². The molecule has 0 saturated heterocycles. The van der Waals surface area contributed by atoms with Crippen LogP contribution in [-0.4, -0.2) is 56.2 Å². The van der Waals surface area contributed by atoms with Gasteiger partial charge in [0.25, 0.3) is 5.91 Å². The number of carbonyl (C=O) groups is 3. The van der Waals surface area contributed by atoms with Crippen molar-refractivity contribution in [3.63, 3.8) is 0 Å². The summed E-state index contributed by atoms with van der Waals surface area (Å²) in [6.07, 6.45) is 4.22. The molecule has 11 nitrogen and oxygen atoms in total. The van der Waals surface area contributed by atoms with Gasteiger partial charge >= 0.3 is 11.9 Å². The number of H-pyrrole nitrogens is 1. The number of hydrogen-bond donors (Lipinski definition) is 5. The fourth-order valence-electron chi connectivity index (χ4n) is 3.59. The summed E-state index contributed by atoms with van der Waals surface area (Å²) in [6, 6.07) is 1.65. The molecule has 2 atom stereocenters. The number of nitrogens with one attached hydrogen (secondary N) is 2. The number of anilines is 1. The molecule has 168 valence electrons. The monoisotopic (exact) mass is 441 g/mol. The number of carboxylic acids is 2. The van der Waals surface area contributed by atoms with E-state index >= 15 is 0 Å². The first kappa shape index (κ1) is 22.5. The normalized spacial score (nSPS) is 12.8. The highest BCUT2D eigenvalue weighted by Crippen LogP contribution is 2.39. The number of benzene rings is 1. The third-order valence-electron chi connectivity index (χ3n) is 5.25. The van der Waals surface area contributed by atoms with Crippen molar-refractivity contribution in [3.8, 4) is 5.75 Å². The Morgan fingerprint density at radius 3 is 2.69 bits per heavy atom. The Hall–Kier alpha value is -4.15. The summed E-state index contributed by atoms with van der Waals surface area (Å²) in [5.74, 6) is -3.08. The highest BCUT2D eigenvalue weighted by atomic mass is 16.5. The zero-order chi connectivity index (χ0) is 23.4. The number of rotatable bonds is 9. The number of carboxylic acid groups (broad SMARTS) is 2. The number of fused-ring (bicyclic) bond motifs is 1. The van der Waals surface area contributed by atoms with Crippen LogP contribution in [0.25, 0.3) is 11.0 Å². The number of aromatic nitrogens is 3. The number of amides is 1. The molecule has 0 aliphatic carbocycles. The minimum absolute atomic E-state index is 0.0605. The van der Waals surface area contributed by atoms with Crippen LogP contribution in [0.3, 0.4) is 0 Å². The largest absolute Gasteiger partial charge is 0.496 e. The maximum absolute atomic E-state index is 12.8. The zero-order valence-electron chi connectivity index (χ0n) is 17.5. The van der Waals surface area contributed by atoms with Crippen LogP contribution < -0.4 is 15.8 Å². The molecular formula is C21H23N5O6. The van der Waals surface area contributed by atoms with E-state index < -0.39 is 30.3 Å². The molecule has 0 radical (unpaired) electrons. The second-order valence-electron chi connectivity index (χ2n) is 7.19. The van der Waals surface area contributed by atoms with E-state index in [0.29, 0.717) is 17.0 Å².